The summed E-state index contributed by atoms with van der Waals surface area (Å²) in [5, 5.41) is 0. The van der Waals surface area contributed by atoms with Gasteiger partial charge in [0.2, 0.25) is 0 Å². The van der Waals surface area contributed by atoms with Gasteiger partial charge < -0.3 is 14.2 Å². The number of hydrogen-bond donors (Lipinski definition) is 0. The van der Waals surface area contributed by atoms with Crippen LogP contribution in [0.15, 0.2) is 29.8 Å². The van der Waals surface area contributed by atoms with Crippen LogP contribution in [0.25, 0.3) is 6.08 Å². The van der Waals surface area contributed by atoms with E-state index in [1.54, 1.807) is 0 Å². The van der Waals surface area contributed by atoms with Crippen LogP contribution >= 0.6 is 0 Å². The summed E-state index contributed by atoms with van der Waals surface area (Å²) in [4.78, 5) is 18.4. The molecule has 6 heteroatoms. The fraction of sp³-hybridized carbons (Fsp3) is 0.654. The number of fused-ring (bicyclic) bond motifs is 2. The summed E-state index contributed by atoms with van der Waals surface area (Å²) < 4.78 is 17.2. The van der Waals surface area contributed by atoms with Crippen LogP contribution in [-0.2, 0) is 14.3 Å². The molecule has 0 N–H and O–H groups in total. The van der Waals surface area contributed by atoms with Gasteiger partial charge in [-0.3, -0.25) is 14.6 Å². The quantitative estimate of drug-likeness (QED) is 0.656. The Morgan fingerprint density at radius 3 is 2.88 bits per heavy atom. The molecule has 1 saturated carbocycles. The van der Waals surface area contributed by atoms with Gasteiger partial charge in [0.25, 0.3) is 0 Å². The third kappa shape index (κ3) is 4.33. The number of carbonyl (C=O) groups excluding carboxylic acids is 1. The number of para-hydroxylation sites is 1. The Morgan fingerprint density at radius 2 is 2.03 bits per heavy atom. The van der Waals surface area contributed by atoms with Crippen LogP contribution in [0.5, 0.6) is 5.75 Å². The van der Waals surface area contributed by atoms with Crippen molar-refractivity contribution in [1.29, 1.82) is 0 Å². The summed E-state index contributed by atoms with van der Waals surface area (Å²) in [6.45, 7) is 9.39. The van der Waals surface area contributed by atoms with Gasteiger partial charge in [-0.1, -0.05) is 18.2 Å². The highest BCUT2D eigenvalue weighted by atomic mass is 16.5. The Morgan fingerprint density at radius 1 is 1.19 bits per heavy atom. The van der Waals surface area contributed by atoms with Crippen molar-refractivity contribution in [2.75, 3.05) is 59.2 Å². The normalized spacial score (nSPS) is 31.1. The molecule has 0 aromatic heterocycles. The topological polar surface area (TPSA) is 51.2 Å². The minimum absolute atomic E-state index is 0.0225. The summed E-state index contributed by atoms with van der Waals surface area (Å²) in [5.41, 5.74) is 2.06. The zero-order valence-electron chi connectivity index (χ0n) is 19.3. The number of benzene rings is 1. The van der Waals surface area contributed by atoms with Gasteiger partial charge in [0, 0.05) is 37.8 Å². The maximum Gasteiger partial charge on any atom is 0.313 e. The molecular formula is C26H36N2O4. The average molecular weight is 441 g/mol. The number of rotatable bonds is 5. The van der Waals surface area contributed by atoms with Crippen LogP contribution in [0.3, 0.4) is 0 Å². The predicted octanol–water partition coefficient (Wildman–Crippen LogP) is 3.22. The van der Waals surface area contributed by atoms with E-state index in [0.717, 1.165) is 82.9 Å². The Bertz CT molecular complexity index is 850. The number of hydrogen-bond acceptors (Lipinski definition) is 6. The van der Waals surface area contributed by atoms with Gasteiger partial charge in [-0.15, -0.1) is 0 Å². The van der Waals surface area contributed by atoms with Crippen LogP contribution < -0.4 is 4.74 Å². The summed E-state index contributed by atoms with van der Waals surface area (Å²) in [7, 11) is 0. The number of esters is 1. The number of likely N-dealkylation sites (tertiary alicyclic amines) is 1. The fourth-order valence-electron chi connectivity index (χ4n) is 6.28. The van der Waals surface area contributed by atoms with Crippen LogP contribution in [0.4, 0.5) is 0 Å². The molecule has 3 heterocycles. The minimum Gasteiger partial charge on any atom is -0.489 e. The average Bonchev–Trinajstić information content (AvgIpc) is 2.84. The molecule has 0 radical (unpaired) electrons. The lowest BCUT2D eigenvalue weighted by Gasteiger charge is -2.52. The van der Waals surface area contributed by atoms with Gasteiger partial charge in [0.05, 0.1) is 25.2 Å². The molecule has 32 heavy (non-hydrogen) atoms. The van der Waals surface area contributed by atoms with Gasteiger partial charge in [-0.05, 0) is 62.8 Å². The zero-order chi connectivity index (χ0) is 22.0. The smallest absolute Gasteiger partial charge is 0.313 e. The van der Waals surface area contributed by atoms with Gasteiger partial charge in [0.1, 0.15) is 12.4 Å². The Hall–Kier alpha value is -1.89. The highest BCUT2D eigenvalue weighted by Crippen LogP contribution is 2.48. The largest absolute Gasteiger partial charge is 0.489 e. The van der Waals surface area contributed by atoms with Crippen LogP contribution in [0.1, 0.15) is 38.2 Å². The van der Waals surface area contributed by atoms with Crippen molar-refractivity contribution in [2.45, 2.75) is 38.6 Å². The van der Waals surface area contributed by atoms with Crippen molar-refractivity contribution in [3.05, 3.63) is 35.4 Å². The fourth-order valence-corrected chi connectivity index (χ4v) is 6.28. The van der Waals surface area contributed by atoms with E-state index in [9.17, 15) is 4.79 Å². The number of piperidine rings is 1. The Labute approximate surface area is 191 Å². The van der Waals surface area contributed by atoms with E-state index in [-0.39, 0.29) is 11.4 Å². The van der Waals surface area contributed by atoms with E-state index in [2.05, 4.69) is 28.0 Å². The minimum atomic E-state index is -0.370. The molecule has 1 aromatic rings. The van der Waals surface area contributed by atoms with E-state index < -0.39 is 0 Å². The Kier molecular flexibility index (Phi) is 6.54. The van der Waals surface area contributed by atoms with Crippen molar-refractivity contribution >= 4 is 12.0 Å². The van der Waals surface area contributed by atoms with E-state index in [1.807, 2.05) is 19.1 Å². The van der Waals surface area contributed by atoms with Crippen LogP contribution in [-0.4, -0.2) is 81.0 Å². The molecule has 0 spiro atoms. The van der Waals surface area contributed by atoms with Crippen molar-refractivity contribution in [2.24, 2.45) is 11.3 Å². The lowest BCUT2D eigenvalue weighted by molar-refractivity contribution is -0.169. The van der Waals surface area contributed by atoms with E-state index in [0.29, 0.717) is 25.2 Å². The van der Waals surface area contributed by atoms with Crippen LogP contribution in [0.2, 0.25) is 0 Å². The van der Waals surface area contributed by atoms with Gasteiger partial charge in [-0.25, -0.2) is 0 Å². The number of carbonyl (C=O) groups is 1. The van der Waals surface area contributed by atoms with E-state index in [4.69, 9.17) is 14.2 Å². The lowest BCUT2D eigenvalue weighted by Crippen LogP contribution is -2.59. The van der Waals surface area contributed by atoms with Crippen molar-refractivity contribution in [3.63, 3.8) is 0 Å². The molecule has 4 aliphatic rings. The maximum absolute atomic E-state index is 13.3. The molecule has 5 rings (SSSR count). The first-order chi connectivity index (χ1) is 15.7. The molecule has 3 atom stereocenters. The van der Waals surface area contributed by atoms with E-state index in [1.165, 1.54) is 5.57 Å². The van der Waals surface area contributed by atoms with Crippen molar-refractivity contribution in [1.82, 2.24) is 9.80 Å². The Balaban J connectivity index is 1.30. The summed E-state index contributed by atoms with van der Waals surface area (Å²) >= 11 is 0. The maximum atomic E-state index is 13.3. The first-order valence-electron chi connectivity index (χ1n) is 12.3. The second kappa shape index (κ2) is 9.54. The van der Waals surface area contributed by atoms with Crippen LogP contribution in [0, 0.1) is 11.3 Å². The van der Waals surface area contributed by atoms with Gasteiger partial charge in [0.15, 0.2) is 0 Å². The molecule has 1 aromatic carbocycles. The van der Waals surface area contributed by atoms with Gasteiger partial charge in [-0.2, -0.15) is 0 Å². The lowest BCUT2D eigenvalue weighted by atomic mass is 9.61. The zero-order valence-corrected chi connectivity index (χ0v) is 19.3. The van der Waals surface area contributed by atoms with Crippen molar-refractivity contribution < 1.29 is 19.0 Å². The molecule has 0 amide bonds. The molecule has 3 fully saturated rings. The predicted molar refractivity (Wildman–Crippen MR) is 124 cm³/mol. The van der Waals surface area contributed by atoms with Gasteiger partial charge >= 0.3 is 5.97 Å². The molecule has 174 valence electrons. The third-order valence-corrected chi connectivity index (χ3v) is 7.92. The highest BCUT2D eigenvalue weighted by Gasteiger charge is 2.53. The third-order valence-electron chi connectivity index (χ3n) is 7.92. The molecule has 1 aliphatic carbocycles. The summed E-state index contributed by atoms with van der Waals surface area (Å²) in [6, 6.07) is 8.77. The second-order valence-corrected chi connectivity index (χ2v) is 9.78. The molecule has 3 aliphatic heterocycles. The first-order valence-corrected chi connectivity index (χ1v) is 12.3. The molecule has 2 saturated heterocycles. The highest BCUT2D eigenvalue weighted by molar-refractivity contribution is 5.78. The van der Waals surface area contributed by atoms with Crippen molar-refractivity contribution in [3.8, 4) is 5.75 Å². The summed E-state index contributed by atoms with van der Waals surface area (Å²) in [5.74, 6) is 1.38. The molecular weight excluding hydrogens is 404 g/mol. The SMILES string of the molecule is CCOC(=O)[C@@]12CCC(N3CCOCC3)C[C@H]1CCN(CC1=Cc3ccccc3OC1)C2. The standard InChI is InChI=1S/C26H36N2O4/c1-2-31-25(29)26-9-7-23(28-11-13-30-14-12-28)16-22(26)8-10-27(19-26)17-20-15-21-5-3-4-6-24(21)32-18-20/h3-6,15,22-23H,2,7-14,16-19H2,1H3/t22-,23?,26-/m1/s1. The summed E-state index contributed by atoms with van der Waals surface area (Å²) in [6.07, 6.45) is 6.42. The van der Waals surface area contributed by atoms with E-state index >= 15 is 0 Å². The molecule has 0 bridgehead atoms. The number of morpholine rings is 1. The number of nitrogens with zero attached hydrogens (tertiary/aromatic N) is 2. The monoisotopic (exact) mass is 440 g/mol. The molecule has 1 unspecified atom stereocenters. The number of ether oxygens (including phenoxy) is 3. The first kappa shape index (κ1) is 21.9. The second-order valence-electron chi connectivity index (χ2n) is 9.78. The molecule has 6 nitrogen and oxygen atoms in total.